The minimum absolute atomic E-state index is 0.0692. The highest BCUT2D eigenvalue weighted by molar-refractivity contribution is 7.88. The number of hydrogen-bond acceptors (Lipinski definition) is 6. The Balaban J connectivity index is 3.14. The third kappa shape index (κ3) is 5.05. The molecule has 0 saturated carbocycles. The van der Waals surface area contributed by atoms with E-state index in [0.29, 0.717) is 18.7 Å². The average molecular weight is 358 g/mol. The highest BCUT2D eigenvalue weighted by Gasteiger charge is 2.23. The zero-order chi connectivity index (χ0) is 18.5. The van der Waals surface area contributed by atoms with Crippen LogP contribution in [0, 0.1) is 5.92 Å². The van der Waals surface area contributed by atoms with Crippen LogP contribution in [0.1, 0.15) is 40.0 Å². The van der Waals surface area contributed by atoms with Gasteiger partial charge in [0.1, 0.15) is 0 Å². The van der Waals surface area contributed by atoms with Crippen molar-refractivity contribution < 1.29 is 18.3 Å². The summed E-state index contributed by atoms with van der Waals surface area (Å²) in [5, 5.41) is 17.0. The Morgan fingerprint density at radius 1 is 1.46 bits per heavy atom. The van der Waals surface area contributed by atoms with E-state index in [2.05, 4.69) is 10.3 Å². The summed E-state index contributed by atoms with van der Waals surface area (Å²) < 4.78 is 24.3. The maximum atomic E-state index is 11.8. The number of carboxylic acids is 1. The fraction of sp³-hybridized carbons (Fsp3) is 0.667. The van der Waals surface area contributed by atoms with E-state index in [9.17, 15) is 13.2 Å². The molecular weight excluding hydrogens is 332 g/mol. The number of nitrogens with zero attached hydrogens (tertiary/aromatic N) is 4. The number of carbonyl (C=O) groups is 1. The van der Waals surface area contributed by atoms with Crippen molar-refractivity contribution >= 4 is 16.0 Å². The molecule has 0 aromatic carbocycles. The van der Waals surface area contributed by atoms with Crippen LogP contribution < -0.4 is 0 Å². The van der Waals surface area contributed by atoms with E-state index in [1.54, 1.807) is 18.9 Å². The van der Waals surface area contributed by atoms with Crippen molar-refractivity contribution in [3.8, 4) is 0 Å². The summed E-state index contributed by atoms with van der Waals surface area (Å²) in [6.45, 7) is 5.21. The summed E-state index contributed by atoms with van der Waals surface area (Å²) in [5.41, 5.74) is 2.01. The first-order chi connectivity index (χ1) is 11.1. The maximum Gasteiger partial charge on any atom is 0.306 e. The lowest BCUT2D eigenvalue weighted by Crippen LogP contribution is -2.24. The van der Waals surface area contributed by atoms with E-state index in [-0.39, 0.29) is 5.75 Å². The molecule has 0 unspecified atom stereocenters. The standard InChI is InChI=1S/C15H26N4O4S/c1-6-12-9-13(8-11(3)15(20)21)14(18(4)10-12)16-17-19(5)24(22,23)7-2/h10-11H,6-9H2,1-5H3,(H,20,21)/b17-16+/t11-/m1/s1. The number of allylic oxidation sites excluding steroid dienone is 2. The molecule has 1 rings (SSSR count). The highest BCUT2D eigenvalue weighted by Crippen LogP contribution is 2.31. The Labute approximate surface area is 143 Å². The van der Waals surface area contributed by atoms with Crippen molar-refractivity contribution in [2.24, 2.45) is 16.3 Å². The van der Waals surface area contributed by atoms with Crippen LogP contribution >= 0.6 is 0 Å². The molecule has 0 bridgehead atoms. The molecular formula is C15H26N4O4S. The van der Waals surface area contributed by atoms with Gasteiger partial charge in [-0.05, 0) is 37.3 Å². The van der Waals surface area contributed by atoms with Crippen LogP contribution in [-0.2, 0) is 14.8 Å². The monoisotopic (exact) mass is 358 g/mol. The van der Waals surface area contributed by atoms with Gasteiger partial charge in [0.15, 0.2) is 5.82 Å². The molecule has 0 amide bonds. The topological polar surface area (TPSA) is 103 Å². The summed E-state index contributed by atoms with van der Waals surface area (Å²) >= 11 is 0. The molecule has 1 N–H and O–H groups in total. The van der Waals surface area contributed by atoms with E-state index in [0.717, 1.165) is 16.4 Å². The number of aliphatic carboxylic acids is 1. The second kappa shape index (κ2) is 8.27. The Morgan fingerprint density at radius 3 is 2.58 bits per heavy atom. The minimum atomic E-state index is -3.46. The molecule has 136 valence electrons. The van der Waals surface area contributed by atoms with Gasteiger partial charge in [-0.25, -0.2) is 8.42 Å². The lowest BCUT2D eigenvalue weighted by Gasteiger charge is -2.26. The first-order valence-electron chi connectivity index (χ1n) is 7.87. The van der Waals surface area contributed by atoms with Crippen molar-refractivity contribution in [2.45, 2.75) is 40.0 Å². The molecule has 0 saturated heterocycles. The van der Waals surface area contributed by atoms with Crippen LogP contribution in [0.5, 0.6) is 0 Å². The predicted octanol–water partition coefficient (Wildman–Crippen LogP) is 2.59. The van der Waals surface area contributed by atoms with Crippen LogP contribution in [-0.4, -0.2) is 48.7 Å². The molecule has 1 atom stereocenters. The van der Waals surface area contributed by atoms with Gasteiger partial charge in [0.05, 0.1) is 11.7 Å². The summed E-state index contributed by atoms with van der Waals surface area (Å²) in [6, 6.07) is 0. The summed E-state index contributed by atoms with van der Waals surface area (Å²) in [4.78, 5) is 12.9. The smallest absolute Gasteiger partial charge is 0.306 e. The van der Waals surface area contributed by atoms with Crippen LogP contribution in [0.25, 0.3) is 0 Å². The lowest BCUT2D eigenvalue weighted by molar-refractivity contribution is -0.141. The summed E-state index contributed by atoms with van der Waals surface area (Å²) in [6.07, 6.45) is 3.74. The Kier molecular flexibility index (Phi) is 6.94. The van der Waals surface area contributed by atoms with Gasteiger partial charge in [0.25, 0.3) is 10.0 Å². The van der Waals surface area contributed by atoms with E-state index >= 15 is 0 Å². The fourth-order valence-electron chi connectivity index (χ4n) is 2.31. The second-order valence-corrected chi connectivity index (χ2v) is 8.09. The number of sulfonamides is 1. The lowest BCUT2D eigenvalue weighted by atomic mass is 9.93. The summed E-state index contributed by atoms with van der Waals surface area (Å²) in [5.74, 6) is -0.995. The molecule has 0 fully saturated rings. The Bertz CT molecular complexity index is 667. The van der Waals surface area contributed by atoms with E-state index in [4.69, 9.17) is 5.11 Å². The zero-order valence-corrected chi connectivity index (χ0v) is 15.7. The van der Waals surface area contributed by atoms with Gasteiger partial charge in [0, 0.05) is 20.3 Å². The molecule has 1 aliphatic heterocycles. The molecule has 0 aromatic heterocycles. The predicted molar refractivity (Wildman–Crippen MR) is 91.3 cm³/mol. The number of rotatable bonds is 8. The largest absolute Gasteiger partial charge is 0.481 e. The first kappa shape index (κ1) is 20.1. The molecule has 1 aliphatic rings. The first-order valence-corrected chi connectivity index (χ1v) is 9.48. The van der Waals surface area contributed by atoms with Crippen molar-refractivity contribution in [1.82, 2.24) is 9.31 Å². The quantitative estimate of drug-likeness (QED) is 0.530. The molecule has 0 aliphatic carbocycles. The molecule has 24 heavy (non-hydrogen) atoms. The van der Waals surface area contributed by atoms with Crippen molar-refractivity contribution in [3.63, 3.8) is 0 Å². The Morgan fingerprint density at radius 2 is 2.08 bits per heavy atom. The third-order valence-corrected chi connectivity index (χ3v) is 5.54. The zero-order valence-electron chi connectivity index (χ0n) is 14.9. The van der Waals surface area contributed by atoms with Crippen molar-refractivity contribution in [1.29, 1.82) is 0 Å². The summed E-state index contributed by atoms with van der Waals surface area (Å²) in [7, 11) is -0.337. The van der Waals surface area contributed by atoms with Gasteiger partial charge in [-0.3, -0.25) is 4.79 Å². The normalized spacial score (nSPS) is 17.2. The van der Waals surface area contributed by atoms with Crippen LogP contribution in [0.3, 0.4) is 0 Å². The number of hydrogen-bond donors (Lipinski definition) is 1. The number of carboxylic acid groups (broad SMARTS) is 1. The van der Waals surface area contributed by atoms with Crippen LogP contribution in [0.4, 0.5) is 0 Å². The molecule has 1 heterocycles. The van der Waals surface area contributed by atoms with Gasteiger partial charge >= 0.3 is 5.97 Å². The second-order valence-electron chi connectivity index (χ2n) is 5.82. The molecule has 0 spiro atoms. The third-order valence-electron chi connectivity index (χ3n) is 3.93. The molecule has 8 nitrogen and oxygen atoms in total. The maximum absolute atomic E-state index is 11.8. The van der Waals surface area contributed by atoms with Crippen LogP contribution in [0.2, 0.25) is 0 Å². The van der Waals surface area contributed by atoms with Crippen LogP contribution in [0.15, 0.2) is 33.5 Å². The SMILES string of the molecule is CCC1=CN(C)C(/N=N/N(C)S(=O)(=O)CC)=C(C[C@@H](C)C(=O)O)C1. The van der Waals surface area contributed by atoms with Gasteiger partial charge < -0.3 is 10.0 Å². The molecule has 0 radical (unpaired) electrons. The molecule has 9 heteroatoms. The van der Waals surface area contributed by atoms with Gasteiger partial charge in [-0.1, -0.05) is 19.1 Å². The van der Waals surface area contributed by atoms with Gasteiger partial charge in [-0.15, -0.1) is 5.11 Å². The van der Waals surface area contributed by atoms with E-state index in [1.807, 2.05) is 13.1 Å². The highest BCUT2D eigenvalue weighted by atomic mass is 32.2. The minimum Gasteiger partial charge on any atom is -0.481 e. The van der Waals surface area contributed by atoms with Gasteiger partial charge in [0.2, 0.25) is 0 Å². The van der Waals surface area contributed by atoms with E-state index < -0.39 is 21.9 Å². The Hall–Kier alpha value is -1.90. The average Bonchev–Trinajstić information content (AvgIpc) is 2.53. The molecule has 0 aromatic rings. The van der Waals surface area contributed by atoms with Crippen molar-refractivity contribution in [3.05, 3.63) is 23.2 Å². The van der Waals surface area contributed by atoms with Gasteiger partial charge in [-0.2, -0.15) is 4.41 Å². The van der Waals surface area contributed by atoms with Crippen molar-refractivity contribution in [2.75, 3.05) is 19.8 Å². The fourth-order valence-corrected chi connectivity index (χ4v) is 2.83. The van der Waals surface area contributed by atoms with E-state index in [1.165, 1.54) is 19.5 Å².